The highest BCUT2D eigenvalue weighted by molar-refractivity contribution is 7.89. The molecule has 0 aromatic heterocycles. The summed E-state index contributed by atoms with van der Waals surface area (Å²) in [6.45, 7) is 7.70. The van der Waals surface area contributed by atoms with Crippen molar-refractivity contribution in [1.29, 1.82) is 0 Å². The van der Waals surface area contributed by atoms with Crippen molar-refractivity contribution in [3.63, 3.8) is 0 Å². The van der Waals surface area contributed by atoms with Crippen LogP contribution < -0.4 is 10.6 Å². The number of hydrogen-bond acceptors (Lipinski definition) is 4. The van der Waals surface area contributed by atoms with E-state index in [0.717, 1.165) is 12.0 Å². The minimum absolute atomic E-state index is 0.0400. The second-order valence-electron chi connectivity index (χ2n) is 7.82. The third-order valence-electron chi connectivity index (χ3n) is 5.23. The Labute approximate surface area is 184 Å². The molecular formula is C23H31N3O4S. The van der Waals surface area contributed by atoms with Gasteiger partial charge >= 0.3 is 0 Å². The zero-order valence-corrected chi connectivity index (χ0v) is 19.5. The van der Waals surface area contributed by atoms with Gasteiger partial charge in [0.1, 0.15) is 0 Å². The third kappa shape index (κ3) is 6.38. The SMILES string of the molecule is CCC(C)C(=O)Nc1cccc(CNC(=O)c2ccc(S(=O)(=O)N(C)C(C)C)cc2)c1. The lowest BCUT2D eigenvalue weighted by molar-refractivity contribution is -0.119. The summed E-state index contributed by atoms with van der Waals surface area (Å²) in [5, 5.41) is 5.69. The summed E-state index contributed by atoms with van der Waals surface area (Å²) in [6.07, 6.45) is 0.759. The van der Waals surface area contributed by atoms with E-state index in [1.54, 1.807) is 19.9 Å². The zero-order valence-electron chi connectivity index (χ0n) is 18.7. The number of benzene rings is 2. The Kier molecular flexibility index (Phi) is 8.36. The van der Waals surface area contributed by atoms with Gasteiger partial charge in [-0.3, -0.25) is 9.59 Å². The van der Waals surface area contributed by atoms with Crippen LogP contribution in [0.5, 0.6) is 0 Å². The number of hydrogen-bond donors (Lipinski definition) is 2. The van der Waals surface area contributed by atoms with Crippen molar-refractivity contribution in [1.82, 2.24) is 9.62 Å². The number of carbonyl (C=O) groups excluding carboxylic acids is 2. The minimum atomic E-state index is -3.59. The van der Waals surface area contributed by atoms with E-state index in [9.17, 15) is 18.0 Å². The molecule has 8 heteroatoms. The van der Waals surface area contributed by atoms with Crippen LogP contribution in [0.25, 0.3) is 0 Å². The number of anilines is 1. The first kappa shape index (κ1) is 24.6. The monoisotopic (exact) mass is 445 g/mol. The molecule has 0 aliphatic heterocycles. The van der Waals surface area contributed by atoms with Crippen molar-refractivity contribution < 1.29 is 18.0 Å². The van der Waals surface area contributed by atoms with Crippen LogP contribution in [0.4, 0.5) is 5.69 Å². The van der Waals surface area contributed by atoms with Crippen LogP contribution in [0.2, 0.25) is 0 Å². The Bertz CT molecular complexity index is 1020. The summed E-state index contributed by atoms with van der Waals surface area (Å²) >= 11 is 0. The molecule has 31 heavy (non-hydrogen) atoms. The first-order valence-corrected chi connectivity index (χ1v) is 11.8. The van der Waals surface area contributed by atoms with E-state index >= 15 is 0 Å². The molecule has 2 amide bonds. The smallest absolute Gasteiger partial charge is 0.251 e. The summed E-state index contributed by atoms with van der Waals surface area (Å²) in [5.41, 5.74) is 1.89. The molecule has 2 aromatic rings. The molecule has 2 rings (SSSR count). The average Bonchev–Trinajstić information content (AvgIpc) is 2.76. The quantitative estimate of drug-likeness (QED) is 0.616. The lowest BCUT2D eigenvalue weighted by Gasteiger charge is -2.21. The molecule has 1 atom stereocenters. The van der Waals surface area contributed by atoms with E-state index in [1.807, 2.05) is 32.0 Å². The van der Waals surface area contributed by atoms with Crippen LogP contribution in [-0.4, -0.2) is 37.6 Å². The molecule has 0 fully saturated rings. The molecule has 0 heterocycles. The Balaban J connectivity index is 2.02. The lowest BCUT2D eigenvalue weighted by Crippen LogP contribution is -2.33. The number of rotatable bonds is 9. The fraction of sp³-hybridized carbons (Fsp3) is 0.391. The summed E-state index contributed by atoms with van der Waals surface area (Å²) in [6, 6.07) is 13.0. The van der Waals surface area contributed by atoms with Crippen molar-refractivity contribution in [2.24, 2.45) is 5.92 Å². The van der Waals surface area contributed by atoms with Crippen molar-refractivity contribution in [2.45, 2.75) is 51.6 Å². The zero-order chi connectivity index (χ0) is 23.2. The van der Waals surface area contributed by atoms with Crippen LogP contribution in [0.3, 0.4) is 0 Å². The highest BCUT2D eigenvalue weighted by Crippen LogP contribution is 2.17. The molecule has 0 spiro atoms. The largest absolute Gasteiger partial charge is 0.348 e. The van der Waals surface area contributed by atoms with Crippen LogP contribution in [-0.2, 0) is 21.4 Å². The number of amides is 2. The van der Waals surface area contributed by atoms with E-state index in [4.69, 9.17) is 0 Å². The Morgan fingerprint density at radius 2 is 1.68 bits per heavy atom. The summed E-state index contributed by atoms with van der Waals surface area (Å²) in [5.74, 6) is -0.424. The fourth-order valence-electron chi connectivity index (χ4n) is 2.72. The van der Waals surface area contributed by atoms with E-state index in [0.29, 0.717) is 11.3 Å². The molecule has 0 radical (unpaired) electrons. The molecule has 0 aliphatic rings. The van der Waals surface area contributed by atoms with E-state index in [1.165, 1.54) is 35.6 Å². The summed E-state index contributed by atoms with van der Waals surface area (Å²) in [4.78, 5) is 24.7. The topological polar surface area (TPSA) is 95.6 Å². The van der Waals surface area contributed by atoms with Gasteiger partial charge in [0, 0.05) is 36.8 Å². The lowest BCUT2D eigenvalue weighted by atomic mass is 10.1. The van der Waals surface area contributed by atoms with Gasteiger partial charge in [-0.15, -0.1) is 0 Å². The standard InChI is InChI=1S/C23H31N3O4S/c1-6-17(4)22(27)25-20-9-7-8-18(14-20)15-24-23(28)19-10-12-21(13-11-19)31(29,30)26(5)16(2)3/h7-14,16-17H,6,15H2,1-5H3,(H,24,28)(H,25,27). The van der Waals surface area contributed by atoms with E-state index < -0.39 is 10.0 Å². The first-order valence-electron chi connectivity index (χ1n) is 10.3. The normalized spacial score (nSPS) is 12.6. The van der Waals surface area contributed by atoms with Gasteiger partial charge in [0.15, 0.2) is 0 Å². The highest BCUT2D eigenvalue weighted by atomic mass is 32.2. The summed E-state index contributed by atoms with van der Waals surface area (Å²) in [7, 11) is -2.06. The molecular weight excluding hydrogens is 414 g/mol. The molecule has 168 valence electrons. The van der Waals surface area contributed by atoms with Crippen LogP contribution in [0.1, 0.15) is 50.0 Å². The van der Waals surface area contributed by atoms with Gasteiger partial charge in [-0.1, -0.05) is 26.0 Å². The van der Waals surface area contributed by atoms with E-state index in [2.05, 4.69) is 10.6 Å². The molecule has 0 bridgehead atoms. The summed E-state index contributed by atoms with van der Waals surface area (Å²) < 4.78 is 26.3. The Morgan fingerprint density at radius 1 is 1.03 bits per heavy atom. The maximum absolute atomic E-state index is 12.5. The van der Waals surface area contributed by atoms with Crippen LogP contribution in [0.15, 0.2) is 53.4 Å². The Morgan fingerprint density at radius 3 is 2.26 bits per heavy atom. The minimum Gasteiger partial charge on any atom is -0.348 e. The van der Waals surface area contributed by atoms with Crippen molar-refractivity contribution in [3.8, 4) is 0 Å². The average molecular weight is 446 g/mol. The maximum Gasteiger partial charge on any atom is 0.251 e. The van der Waals surface area contributed by atoms with Gasteiger partial charge < -0.3 is 10.6 Å². The van der Waals surface area contributed by atoms with Crippen molar-refractivity contribution in [3.05, 3.63) is 59.7 Å². The van der Waals surface area contributed by atoms with Gasteiger partial charge in [-0.2, -0.15) is 4.31 Å². The number of nitrogens with one attached hydrogen (secondary N) is 2. The van der Waals surface area contributed by atoms with Gasteiger partial charge in [0.05, 0.1) is 4.90 Å². The molecule has 2 aromatic carbocycles. The third-order valence-corrected chi connectivity index (χ3v) is 7.28. The van der Waals surface area contributed by atoms with Crippen LogP contribution in [0, 0.1) is 5.92 Å². The second-order valence-corrected chi connectivity index (χ2v) is 9.82. The maximum atomic E-state index is 12.5. The predicted octanol–water partition coefficient (Wildman–Crippen LogP) is 3.63. The molecule has 0 saturated heterocycles. The fourth-order valence-corrected chi connectivity index (χ4v) is 4.08. The van der Waals surface area contributed by atoms with Gasteiger partial charge in [-0.05, 0) is 62.2 Å². The van der Waals surface area contributed by atoms with Crippen molar-refractivity contribution in [2.75, 3.05) is 12.4 Å². The van der Waals surface area contributed by atoms with Gasteiger partial charge in [-0.25, -0.2) is 8.42 Å². The van der Waals surface area contributed by atoms with Crippen molar-refractivity contribution >= 4 is 27.5 Å². The highest BCUT2D eigenvalue weighted by Gasteiger charge is 2.23. The van der Waals surface area contributed by atoms with Gasteiger partial charge in [0.25, 0.3) is 5.91 Å². The molecule has 0 saturated carbocycles. The molecule has 2 N–H and O–H groups in total. The number of nitrogens with zero attached hydrogens (tertiary/aromatic N) is 1. The van der Waals surface area contributed by atoms with Crippen LogP contribution >= 0.6 is 0 Å². The molecule has 0 aliphatic carbocycles. The molecule has 1 unspecified atom stereocenters. The van der Waals surface area contributed by atoms with Gasteiger partial charge in [0.2, 0.25) is 15.9 Å². The molecule has 7 nitrogen and oxygen atoms in total. The predicted molar refractivity (Wildman–Crippen MR) is 122 cm³/mol. The first-order chi connectivity index (χ1) is 14.6. The second kappa shape index (κ2) is 10.5. The number of sulfonamides is 1. The Hall–Kier alpha value is -2.71. The number of carbonyl (C=O) groups is 2. The van der Waals surface area contributed by atoms with E-state index in [-0.39, 0.29) is 35.2 Å².